The van der Waals surface area contributed by atoms with Crippen molar-refractivity contribution in [2.45, 2.75) is 25.5 Å². The van der Waals surface area contributed by atoms with Gasteiger partial charge >= 0.3 is 5.97 Å². The monoisotopic (exact) mass is 434 g/mol. The fourth-order valence-electron chi connectivity index (χ4n) is 3.39. The van der Waals surface area contributed by atoms with Crippen molar-refractivity contribution >= 4 is 34.4 Å². The van der Waals surface area contributed by atoms with E-state index in [4.69, 9.17) is 4.74 Å². The molecule has 7 nitrogen and oxygen atoms in total. The summed E-state index contributed by atoms with van der Waals surface area (Å²) in [7, 11) is 0. The topological polar surface area (TPSA) is 89.9 Å². The third-order valence-electron chi connectivity index (χ3n) is 4.99. The Kier molecular flexibility index (Phi) is 6.18. The van der Waals surface area contributed by atoms with Crippen LogP contribution in [0.1, 0.15) is 22.8 Å². The van der Waals surface area contributed by atoms with E-state index in [1.54, 1.807) is 6.20 Å². The van der Waals surface area contributed by atoms with Crippen molar-refractivity contribution in [3.63, 3.8) is 0 Å². The Morgan fingerprint density at radius 1 is 1.10 bits per heavy atom. The fourth-order valence-corrected chi connectivity index (χ4v) is 4.19. The third-order valence-corrected chi connectivity index (χ3v) is 5.93. The normalized spacial score (nSPS) is 11.0. The quantitative estimate of drug-likeness (QED) is 0.253. The van der Waals surface area contributed by atoms with Gasteiger partial charge in [0.1, 0.15) is 0 Å². The summed E-state index contributed by atoms with van der Waals surface area (Å²) in [6, 6.07) is 15.5. The highest BCUT2D eigenvalue weighted by molar-refractivity contribution is 7.99. The Morgan fingerprint density at radius 3 is 2.68 bits per heavy atom. The van der Waals surface area contributed by atoms with Crippen LogP contribution < -0.4 is 0 Å². The Balaban J connectivity index is 1.37. The van der Waals surface area contributed by atoms with Crippen LogP contribution in [0.4, 0.5) is 0 Å². The van der Waals surface area contributed by atoms with Crippen LogP contribution in [-0.4, -0.2) is 43.9 Å². The predicted octanol–water partition coefficient (Wildman–Crippen LogP) is 4.27. The van der Waals surface area contributed by atoms with Gasteiger partial charge in [-0.3, -0.25) is 9.59 Å². The lowest BCUT2D eigenvalue weighted by Crippen LogP contribution is -2.15. The van der Waals surface area contributed by atoms with Crippen molar-refractivity contribution < 1.29 is 14.3 Å². The maximum atomic E-state index is 12.5. The number of ketones is 1. The molecule has 31 heavy (non-hydrogen) atoms. The first-order valence-electron chi connectivity index (χ1n) is 9.95. The van der Waals surface area contributed by atoms with Gasteiger partial charge < -0.3 is 14.3 Å². The van der Waals surface area contributed by atoms with Crippen LogP contribution in [0, 0.1) is 6.92 Å². The first kappa shape index (κ1) is 20.9. The van der Waals surface area contributed by atoms with Crippen LogP contribution in [-0.2, 0) is 16.1 Å². The fraction of sp³-hybridized carbons (Fsp3) is 0.217. The van der Waals surface area contributed by atoms with E-state index < -0.39 is 5.97 Å². The van der Waals surface area contributed by atoms with Crippen LogP contribution in [0.15, 0.2) is 59.9 Å². The summed E-state index contributed by atoms with van der Waals surface area (Å²) in [5.41, 5.74) is 3.51. The Morgan fingerprint density at radius 2 is 1.87 bits per heavy atom. The molecule has 0 unspecified atom stereocenters. The molecule has 0 aliphatic carbocycles. The van der Waals surface area contributed by atoms with Crippen LogP contribution in [0.3, 0.4) is 0 Å². The highest BCUT2D eigenvalue weighted by Crippen LogP contribution is 2.26. The summed E-state index contributed by atoms with van der Waals surface area (Å²) in [5.74, 6) is 0.106. The predicted molar refractivity (Wildman–Crippen MR) is 120 cm³/mol. The number of carbonyl (C=O) groups is 2. The third kappa shape index (κ3) is 4.39. The number of nitrogens with zero attached hydrogens (tertiary/aromatic N) is 3. The lowest BCUT2D eigenvalue weighted by atomic mass is 10.1. The van der Waals surface area contributed by atoms with E-state index in [1.165, 1.54) is 11.8 Å². The molecular weight excluding hydrogens is 412 g/mol. The molecule has 158 valence electrons. The van der Waals surface area contributed by atoms with Gasteiger partial charge in [-0.05, 0) is 25.5 Å². The van der Waals surface area contributed by atoms with Gasteiger partial charge in [-0.2, -0.15) is 0 Å². The van der Waals surface area contributed by atoms with Crippen LogP contribution in [0.5, 0.6) is 0 Å². The van der Waals surface area contributed by atoms with Crippen molar-refractivity contribution in [2.24, 2.45) is 0 Å². The van der Waals surface area contributed by atoms with Gasteiger partial charge in [0.2, 0.25) is 5.78 Å². The summed E-state index contributed by atoms with van der Waals surface area (Å²) in [6.07, 6.45) is 1.65. The number of aryl methyl sites for hydroxylation is 1. The lowest BCUT2D eigenvalue weighted by Gasteiger charge is -2.09. The van der Waals surface area contributed by atoms with E-state index in [2.05, 4.69) is 15.2 Å². The molecule has 8 heteroatoms. The summed E-state index contributed by atoms with van der Waals surface area (Å²) in [4.78, 5) is 27.7. The number of benzene rings is 2. The Bertz CT molecular complexity index is 1240. The second kappa shape index (κ2) is 9.18. The molecule has 2 aromatic carbocycles. The number of carbonyl (C=O) groups excluding carboxylic acids is 2. The average Bonchev–Trinajstić information content (AvgIpc) is 3.40. The molecule has 0 spiro atoms. The lowest BCUT2D eigenvalue weighted by molar-refractivity contribution is -0.139. The number of nitrogens with one attached hydrogen (secondary N) is 1. The molecule has 0 saturated carbocycles. The molecule has 0 fully saturated rings. The van der Waals surface area contributed by atoms with Gasteiger partial charge in [-0.1, -0.05) is 54.2 Å². The number of ether oxygens (including phenoxy) is 1. The van der Waals surface area contributed by atoms with E-state index in [-0.39, 0.29) is 18.1 Å². The molecule has 0 aliphatic heterocycles. The number of thioether (sulfide) groups is 1. The molecular formula is C23H22N4O3S. The summed E-state index contributed by atoms with van der Waals surface area (Å²) < 4.78 is 7.17. The molecule has 4 aromatic rings. The molecule has 2 heterocycles. The number of aromatic amines is 1. The van der Waals surface area contributed by atoms with Crippen molar-refractivity contribution in [3.8, 4) is 11.4 Å². The number of rotatable bonds is 8. The molecule has 2 aromatic heterocycles. The maximum absolute atomic E-state index is 12.5. The summed E-state index contributed by atoms with van der Waals surface area (Å²) in [6.45, 7) is 4.41. The second-order valence-corrected chi connectivity index (χ2v) is 7.93. The zero-order chi connectivity index (χ0) is 21.8. The zero-order valence-corrected chi connectivity index (χ0v) is 18.1. The molecule has 0 amide bonds. The number of esters is 1. The van der Waals surface area contributed by atoms with E-state index in [9.17, 15) is 9.59 Å². The molecule has 0 aliphatic rings. The average molecular weight is 435 g/mol. The largest absolute Gasteiger partial charge is 0.457 e. The summed E-state index contributed by atoms with van der Waals surface area (Å²) >= 11 is 1.25. The minimum absolute atomic E-state index is 0.0487. The first-order chi connectivity index (χ1) is 15.1. The smallest absolute Gasteiger partial charge is 0.316 e. The van der Waals surface area contributed by atoms with E-state index >= 15 is 0 Å². The highest BCUT2D eigenvalue weighted by atomic mass is 32.2. The van der Waals surface area contributed by atoms with Crippen molar-refractivity contribution in [2.75, 3.05) is 12.4 Å². The first-order valence-corrected chi connectivity index (χ1v) is 10.9. The van der Waals surface area contributed by atoms with Crippen molar-refractivity contribution in [1.82, 2.24) is 19.7 Å². The van der Waals surface area contributed by atoms with E-state index in [1.807, 2.05) is 66.9 Å². The zero-order valence-electron chi connectivity index (χ0n) is 17.3. The molecule has 0 bridgehead atoms. The summed E-state index contributed by atoms with van der Waals surface area (Å²) in [5, 5.41) is 10.0. The van der Waals surface area contributed by atoms with Gasteiger partial charge in [0.05, 0.1) is 5.75 Å². The minimum atomic E-state index is -0.471. The Labute approximate surface area is 183 Å². The van der Waals surface area contributed by atoms with Gasteiger partial charge in [0.25, 0.3) is 0 Å². The number of fused-ring (bicyclic) bond motifs is 1. The van der Waals surface area contributed by atoms with Crippen molar-refractivity contribution in [3.05, 3.63) is 65.9 Å². The minimum Gasteiger partial charge on any atom is -0.457 e. The number of H-pyrrole nitrogens is 1. The maximum Gasteiger partial charge on any atom is 0.316 e. The van der Waals surface area contributed by atoms with Gasteiger partial charge in [-0.25, -0.2) is 0 Å². The second-order valence-electron chi connectivity index (χ2n) is 6.99. The van der Waals surface area contributed by atoms with Gasteiger partial charge in [-0.15, -0.1) is 10.2 Å². The highest BCUT2D eigenvalue weighted by Gasteiger charge is 2.18. The standard InChI is InChI=1S/C23H22N4O3S/c1-3-27-22(16-9-5-4-8-15(16)2)25-26-23(27)31-14-21(29)30-13-20(28)18-12-24-19-11-7-6-10-17(18)19/h4-12,24H,3,13-14H2,1-2H3. The van der Waals surface area contributed by atoms with Crippen LogP contribution in [0.25, 0.3) is 22.3 Å². The number of aromatic nitrogens is 4. The number of para-hydroxylation sites is 1. The molecule has 0 radical (unpaired) electrons. The number of hydrogen-bond acceptors (Lipinski definition) is 6. The Hall–Kier alpha value is -3.39. The van der Waals surface area contributed by atoms with Crippen LogP contribution in [0.2, 0.25) is 0 Å². The van der Waals surface area contributed by atoms with Gasteiger partial charge in [0, 0.05) is 34.8 Å². The van der Waals surface area contributed by atoms with Crippen molar-refractivity contribution in [1.29, 1.82) is 0 Å². The molecule has 1 N–H and O–H groups in total. The number of Topliss-reactive ketones (excluding diaryl/α,β-unsaturated/α-hetero) is 1. The SMILES string of the molecule is CCn1c(SCC(=O)OCC(=O)c2c[nH]c3ccccc23)nnc1-c1ccccc1C. The molecule has 0 atom stereocenters. The van der Waals surface area contributed by atoms with E-state index in [0.29, 0.717) is 17.3 Å². The van der Waals surface area contributed by atoms with E-state index in [0.717, 1.165) is 27.9 Å². The van der Waals surface area contributed by atoms with Crippen LogP contribution >= 0.6 is 11.8 Å². The number of hydrogen-bond donors (Lipinski definition) is 1. The molecule has 4 rings (SSSR count). The van der Waals surface area contributed by atoms with Gasteiger partial charge in [0.15, 0.2) is 17.6 Å². The molecule has 0 saturated heterocycles.